The van der Waals surface area contributed by atoms with E-state index in [4.69, 9.17) is 27.9 Å². The summed E-state index contributed by atoms with van der Waals surface area (Å²) >= 11 is 12.0. The molecule has 1 heterocycles. The number of para-hydroxylation sites is 1. The number of hydrogen-bond donors (Lipinski definition) is 0. The van der Waals surface area contributed by atoms with Crippen LogP contribution in [0.5, 0.6) is 0 Å². The molecule has 0 saturated heterocycles. The Morgan fingerprint density at radius 2 is 1.82 bits per heavy atom. The van der Waals surface area contributed by atoms with Gasteiger partial charge >= 0.3 is 5.97 Å². The van der Waals surface area contributed by atoms with Gasteiger partial charge in [0.15, 0.2) is 0 Å². The van der Waals surface area contributed by atoms with Crippen molar-refractivity contribution in [2.24, 2.45) is 0 Å². The molecule has 0 aliphatic rings. The molecule has 3 nitrogen and oxygen atoms in total. The number of benzene rings is 2. The average molecular weight is 332 g/mol. The predicted octanol–water partition coefficient (Wildman–Crippen LogP) is 5.00. The normalized spacial score (nSPS) is 10.7. The Morgan fingerprint density at radius 1 is 1.05 bits per heavy atom. The number of carbonyl (C=O) groups is 1. The summed E-state index contributed by atoms with van der Waals surface area (Å²) in [6.45, 7) is 0. The first-order chi connectivity index (χ1) is 10.6. The molecule has 0 radical (unpaired) electrons. The van der Waals surface area contributed by atoms with E-state index in [2.05, 4.69) is 4.98 Å². The molecule has 22 heavy (non-hydrogen) atoms. The third kappa shape index (κ3) is 2.65. The van der Waals surface area contributed by atoms with Gasteiger partial charge in [-0.05, 0) is 24.3 Å². The first kappa shape index (κ1) is 14.8. The van der Waals surface area contributed by atoms with Crippen molar-refractivity contribution in [3.63, 3.8) is 0 Å². The standard InChI is InChI=1S/C17H11Cl2NO2/c1-22-17(21)12-9-16(10-6-7-13(18)14(19)8-10)20-15-5-3-2-4-11(12)15/h2-9H,1H3. The van der Waals surface area contributed by atoms with Crippen molar-refractivity contribution in [1.29, 1.82) is 0 Å². The van der Waals surface area contributed by atoms with Crippen molar-refractivity contribution in [3.05, 3.63) is 64.1 Å². The van der Waals surface area contributed by atoms with Gasteiger partial charge in [-0.3, -0.25) is 0 Å². The molecule has 0 spiro atoms. The van der Waals surface area contributed by atoms with Gasteiger partial charge in [0, 0.05) is 10.9 Å². The molecule has 0 bridgehead atoms. The van der Waals surface area contributed by atoms with E-state index < -0.39 is 5.97 Å². The number of pyridine rings is 1. The first-order valence-electron chi connectivity index (χ1n) is 6.53. The molecular formula is C17H11Cl2NO2. The van der Waals surface area contributed by atoms with Crippen LogP contribution in [0.4, 0.5) is 0 Å². The van der Waals surface area contributed by atoms with Gasteiger partial charge in [0.05, 0.1) is 33.9 Å². The minimum Gasteiger partial charge on any atom is -0.465 e. The third-order valence-electron chi connectivity index (χ3n) is 3.34. The van der Waals surface area contributed by atoms with Crippen LogP contribution in [0.3, 0.4) is 0 Å². The van der Waals surface area contributed by atoms with Crippen molar-refractivity contribution >= 4 is 40.1 Å². The highest BCUT2D eigenvalue weighted by Crippen LogP contribution is 2.30. The highest BCUT2D eigenvalue weighted by atomic mass is 35.5. The Hall–Kier alpha value is -2.10. The van der Waals surface area contributed by atoms with E-state index >= 15 is 0 Å². The van der Waals surface area contributed by atoms with Gasteiger partial charge in [0.1, 0.15) is 0 Å². The van der Waals surface area contributed by atoms with Crippen molar-refractivity contribution in [2.45, 2.75) is 0 Å². The Labute approximate surface area is 137 Å². The van der Waals surface area contributed by atoms with E-state index in [1.165, 1.54) is 7.11 Å². The maximum Gasteiger partial charge on any atom is 0.338 e. The maximum atomic E-state index is 12.0. The summed E-state index contributed by atoms with van der Waals surface area (Å²) in [5.74, 6) is -0.403. The fourth-order valence-electron chi connectivity index (χ4n) is 2.26. The molecule has 0 unspecified atom stereocenters. The number of ether oxygens (including phenoxy) is 1. The SMILES string of the molecule is COC(=O)c1cc(-c2ccc(Cl)c(Cl)c2)nc2ccccc12. The average Bonchev–Trinajstić information content (AvgIpc) is 2.55. The van der Waals surface area contributed by atoms with Gasteiger partial charge in [-0.15, -0.1) is 0 Å². The highest BCUT2D eigenvalue weighted by molar-refractivity contribution is 6.42. The van der Waals surface area contributed by atoms with Gasteiger partial charge in [0.2, 0.25) is 0 Å². The molecule has 110 valence electrons. The number of hydrogen-bond acceptors (Lipinski definition) is 3. The number of fused-ring (bicyclic) bond motifs is 1. The lowest BCUT2D eigenvalue weighted by atomic mass is 10.0. The highest BCUT2D eigenvalue weighted by Gasteiger charge is 2.14. The maximum absolute atomic E-state index is 12.0. The molecular weight excluding hydrogens is 321 g/mol. The molecule has 0 N–H and O–H groups in total. The summed E-state index contributed by atoms with van der Waals surface area (Å²) in [7, 11) is 1.36. The number of halogens is 2. The summed E-state index contributed by atoms with van der Waals surface area (Å²) in [4.78, 5) is 16.6. The molecule has 0 saturated carbocycles. The lowest BCUT2D eigenvalue weighted by molar-refractivity contribution is 0.0603. The summed E-state index contributed by atoms with van der Waals surface area (Å²) in [6, 6.07) is 14.4. The number of methoxy groups -OCH3 is 1. The lowest BCUT2D eigenvalue weighted by Gasteiger charge is -2.09. The molecule has 2 aromatic carbocycles. The van der Waals surface area contributed by atoms with Gasteiger partial charge in [-0.1, -0.05) is 47.5 Å². The van der Waals surface area contributed by atoms with Crippen molar-refractivity contribution in [2.75, 3.05) is 7.11 Å². The fraction of sp³-hybridized carbons (Fsp3) is 0.0588. The molecule has 5 heteroatoms. The number of carbonyl (C=O) groups excluding carboxylic acids is 1. The molecule has 1 aromatic heterocycles. The number of aromatic nitrogens is 1. The van der Waals surface area contributed by atoms with Crippen LogP contribution in [0.15, 0.2) is 48.5 Å². The Kier molecular flexibility index (Phi) is 4.01. The van der Waals surface area contributed by atoms with E-state index in [9.17, 15) is 4.79 Å². The summed E-state index contributed by atoms with van der Waals surface area (Å²) < 4.78 is 4.86. The minimum atomic E-state index is -0.403. The van der Waals surface area contributed by atoms with Crippen molar-refractivity contribution in [3.8, 4) is 11.3 Å². The minimum absolute atomic E-state index is 0.403. The van der Waals surface area contributed by atoms with Crippen LogP contribution >= 0.6 is 23.2 Å². The lowest BCUT2D eigenvalue weighted by Crippen LogP contribution is -2.03. The number of esters is 1. The Bertz CT molecular complexity index is 878. The van der Waals surface area contributed by atoms with Gasteiger partial charge in [-0.25, -0.2) is 9.78 Å². The zero-order valence-electron chi connectivity index (χ0n) is 11.6. The van der Waals surface area contributed by atoms with Crippen LogP contribution in [0.1, 0.15) is 10.4 Å². The van der Waals surface area contributed by atoms with E-state index in [1.807, 2.05) is 30.3 Å². The molecule has 0 fully saturated rings. The van der Waals surface area contributed by atoms with E-state index in [-0.39, 0.29) is 0 Å². The van der Waals surface area contributed by atoms with E-state index in [0.29, 0.717) is 26.8 Å². The van der Waals surface area contributed by atoms with Gasteiger partial charge < -0.3 is 4.74 Å². The second kappa shape index (κ2) is 5.95. The van der Waals surface area contributed by atoms with Crippen LogP contribution in [0.25, 0.3) is 22.2 Å². The molecule has 3 rings (SSSR count). The number of rotatable bonds is 2. The third-order valence-corrected chi connectivity index (χ3v) is 4.08. The summed E-state index contributed by atoms with van der Waals surface area (Å²) in [6.07, 6.45) is 0. The van der Waals surface area contributed by atoms with Crippen LogP contribution in [-0.2, 0) is 4.74 Å². The molecule has 0 aliphatic heterocycles. The second-order valence-electron chi connectivity index (χ2n) is 4.69. The second-order valence-corrected chi connectivity index (χ2v) is 5.51. The van der Waals surface area contributed by atoms with Crippen LogP contribution < -0.4 is 0 Å². The monoisotopic (exact) mass is 331 g/mol. The molecule has 0 atom stereocenters. The number of nitrogens with zero attached hydrogens (tertiary/aromatic N) is 1. The molecule has 3 aromatic rings. The van der Waals surface area contributed by atoms with Gasteiger partial charge in [0.25, 0.3) is 0 Å². The van der Waals surface area contributed by atoms with E-state index in [0.717, 1.165) is 10.9 Å². The molecule has 0 aliphatic carbocycles. The zero-order valence-corrected chi connectivity index (χ0v) is 13.2. The molecule has 0 amide bonds. The van der Waals surface area contributed by atoms with Crippen LogP contribution in [0, 0.1) is 0 Å². The summed E-state index contributed by atoms with van der Waals surface area (Å²) in [5, 5.41) is 1.66. The Balaban J connectivity index is 2.26. The van der Waals surface area contributed by atoms with E-state index in [1.54, 1.807) is 18.2 Å². The van der Waals surface area contributed by atoms with Crippen molar-refractivity contribution < 1.29 is 9.53 Å². The smallest absolute Gasteiger partial charge is 0.338 e. The topological polar surface area (TPSA) is 39.2 Å². The summed E-state index contributed by atoms with van der Waals surface area (Å²) in [5.41, 5.74) is 2.60. The largest absolute Gasteiger partial charge is 0.465 e. The predicted molar refractivity (Wildman–Crippen MR) is 88.5 cm³/mol. The zero-order chi connectivity index (χ0) is 15.7. The van der Waals surface area contributed by atoms with Crippen molar-refractivity contribution in [1.82, 2.24) is 4.98 Å². The van der Waals surface area contributed by atoms with Crippen LogP contribution in [0.2, 0.25) is 10.0 Å². The quantitative estimate of drug-likeness (QED) is 0.620. The first-order valence-corrected chi connectivity index (χ1v) is 7.29. The fourth-order valence-corrected chi connectivity index (χ4v) is 2.56. The van der Waals surface area contributed by atoms with Crippen LogP contribution in [-0.4, -0.2) is 18.1 Å². The van der Waals surface area contributed by atoms with Gasteiger partial charge in [-0.2, -0.15) is 0 Å². The Morgan fingerprint density at radius 3 is 2.55 bits per heavy atom.